The Hall–Kier alpha value is -0.340. The molecular weight excluding hydrogens is 160 g/mol. The van der Waals surface area contributed by atoms with Gasteiger partial charge >= 0.3 is 0 Å². The van der Waals surface area contributed by atoms with E-state index in [4.69, 9.17) is 5.73 Å². The van der Waals surface area contributed by atoms with Crippen molar-refractivity contribution in [3.63, 3.8) is 0 Å². The monoisotopic (exact) mass is 184 g/mol. The van der Waals surface area contributed by atoms with Crippen molar-refractivity contribution in [2.45, 2.75) is 39.2 Å². The van der Waals surface area contributed by atoms with Gasteiger partial charge in [-0.1, -0.05) is 25.5 Å². The van der Waals surface area contributed by atoms with Crippen LogP contribution in [-0.2, 0) is 0 Å². The highest BCUT2D eigenvalue weighted by Gasteiger charge is 2.03. The van der Waals surface area contributed by atoms with E-state index >= 15 is 0 Å². The smallest absolute Gasteiger partial charge is 0.0184 e. The first kappa shape index (κ1) is 12.7. The predicted molar refractivity (Wildman–Crippen MR) is 59.8 cm³/mol. The van der Waals surface area contributed by atoms with Gasteiger partial charge in [-0.3, -0.25) is 0 Å². The normalized spacial score (nSPS) is 13.3. The molecule has 0 aromatic carbocycles. The van der Waals surface area contributed by atoms with Gasteiger partial charge in [0.25, 0.3) is 0 Å². The summed E-state index contributed by atoms with van der Waals surface area (Å²) in [5.74, 6) is 0. The first-order valence-electron chi connectivity index (χ1n) is 5.14. The van der Waals surface area contributed by atoms with Crippen molar-refractivity contribution in [1.82, 2.24) is 4.90 Å². The largest absolute Gasteiger partial charge is 0.328 e. The zero-order chi connectivity index (χ0) is 10.3. The van der Waals surface area contributed by atoms with Crippen LogP contribution in [0.3, 0.4) is 0 Å². The zero-order valence-corrected chi connectivity index (χ0v) is 9.34. The van der Waals surface area contributed by atoms with Gasteiger partial charge in [-0.2, -0.15) is 0 Å². The molecule has 0 aliphatic rings. The maximum Gasteiger partial charge on any atom is 0.0184 e. The quantitative estimate of drug-likeness (QED) is 0.613. The molecule has 0 aromatic heterocycles. The van der Waals surface area contributed by atoms with Crippen LogP contribution in [0.2, 0.25) is 0 Å². The molecule has 0 aromatic rings. The van der Waals surface area contributed by atoms with E-state index in [1.54, 1.807) is 0 Å². The molecule has 13 heavy (non-hydrogen) atoms. The second-order valence-electron chi connectivity index (χ2n) is 4.03. The number of hydrogen-bond acceptors (Lipinski definition) is 2. The van der Waals surface area contributed by atoms with Crippen LogP contribution in [0.25, 0.3) is 0 Å². The Labute approximate surface area is 82.8 Å². The number of rotatable bonds is 7. The van der Waals surface area contributed by atoms with Gasteiger partial charge in [0.2, 0.25) is 0 Å². The Bertz CT molecular complexity index is 143. The van der Waals surface area contributed by atoms with Crippen molar-refractivity contribution in [2.75, 3.05) is 20.1 Å². The van der Waals surface area contributed by atoms with Crippen LogP contribution < -0.4 is 5.73 Å². The van der Waals surface area contributed by atoms with Gasteiger partial charge in [0.05, 0.1) is 0 Å². The predicted octanol–water partition coefficient (Wildman–Crippen LogP) is 2.01. The van der Waals surface area contributed by atoms with Crippen LogP contribution in [0.5, 0.6) is 0 Å². The molecule has 0 saturated heterocycles. The third-order valence-corrected chi connectivity index (χ3v) is 2.08. The molecule has 0 rings (SSSR count). The van der Waals surface area contributed by atoms with Gasteiger partial charge in [-0.15, -0.1) is 0 Å². The Morgan fingerprint density at radius 2 is 2.08 bits per heavy atom. The molecule has 2 nitrogen and oxygen atoms in total. The van der Waals surface area contributed by atoms with Crippen LogP contribution in [0.4, 0.5) is 0 Å². The van der Waals surface area contributed by atoms with E-state index in [0.29, 0.717) is 6.04 Å². The highest BCUT2D eigenvalue weighted by atomic mass is 15.1. The van der Waals surface area contributed by atoms with Crippen LogP contribution >= 0.6 is 0 Å². The molecule has 0 spiro atoms. The third kappa shape index (κ3) is 8.00. The minimum atomic E-state index is 0.373. The summed E-state index contributed by atoms with van der Waals surface area (Å²) in [6, 6.07) is 0.373. The molecule has 0 radical (unpaired) electrons. The second kappa shape index (κ2) is 7.10. The van der Waals surface area contributed by atoms with E-state index in [9.17, 15) is 0 Å². The highest BCUT2D eigenvalue weighted by Crippen LogP contribution is 2.00. The van der Waals surface area contributed by atoms with E-state index in [2.05, 4.69) is 32.4 Å². The van der Waals surface area contributed by atoms with E-state index in [0.717, 1.165) is 25.9 Å². The average molecular weight is 184 g/mol. The maximum atomic E-state index is 5.91. The molecule has 0 aliphatic carbocycles. The lowest BCUT2D eigenvalue weighted by molar-refractivity contribution is 0.338. The number of likely N-dealkylation sites (N-methyl/N-ethyl adjacent to an activating group) is 1. The van der Waals surface area contributed by atoms with Crippen molar-refractivity contribution < 1.29 is 0 Å². The molecule has 0 saturated carbocycles. The Morgan fingerprint density at radius 3 is 2.54 bits per heavy atom. The van der Waals surface area contributed by atoms with Gasteiger partial charge in [0.1, 0.15) is 0 Å². The summed E-state index contributed by atoms with van der Waals surface area (Å²) in [6.45, 7) is 10.2. The minimum Gasteiger partial charge on any atom is -0.328 e. The van der Waals surface area contributed by atoms with E-state index in [1.807, 2.05) is 0 Å². The summed E-state index contributed by atoms with van der Waals surface area (Å²) in [5, 5.41) is 0. The molecule has 0 amide bonds. The SMILES string of the molecule is C=C(C)CN(C)CCC(N)CCC. The lowest BCUT2D eigenvalue weighted by atomic mass is 10.1. The Balaban J connectivity index is 3.45. The van der Waals surface area contributed by atoms with Gasteiger partial charge in [0, 0.05) is 12.6 Å². The molecule has 0 bridgehead atoms. The zero-order valence-electron chi connectivity index (χ0n) is 9.34. The molecule has 1 atom stereocenters. The summed E-state index contributed by atoms with van der Waals surface area (Å²) in [4.78, 5) is 2.28. The third-order valence-electron chi connectivity index (χ3n) is 2.08. The first-order chi connectivity index (χ1) is 6.06. The fourth-order valence-electron chi connectivity index (χ4n) is 1.44. The molecule has 0 aliphatic heterocycles. The van der Waals surface area contributed by atoms with Crippen molar-refractivity contribution in [3.05, 3.63) is 12.2 Å². The van der Waals surface area contributed by atoms with Gasteiger partial charge < -0.3 is 10.6 Å². The number of nitrogens with two attached hydrogens (primary N) is 1. The lowest BCUT2D eigenvalue weighted by Crippen LogP contribution is -2.28. The summed E-state index contributed by atoms with van der Waals surface area (Å²) in [7, 11) is 2.12. The van der Waals surface area contributed by atoms with Gasteiger partial charge in [-0.25, -0.2) is 0 Å². The van der Waals surface area contributed by atoms with Crippen LogP contribution in [0.1, 0.15) is 33.1 Å². The molecule has 78 valence electrons. The average Bonchev–Trinajstić information content (AvgIpc) is 2.00. The molecular formula is C11H24N2. The standard InChI is InChI=1S/C11H24N2/c1-5-6-11(12)7-8-13(4)9-10(2)3/h11H,2,5-9,12H2,1,3-4H3. The van der Waals surface area contributed by atoms with E-state index < -0.39 is 0 Å². The summed E-state index contributed by atoms with van der Waals surface area (Å²) >= 11 is 0. The highest BCUT2D eigenvalue weighted by molar-refractivity contribution is 4.91. The Kier molecular flexibility index (Phi) is 6.92. The molecule has 1 unspecified atom stereocenters. The molecule has 2 heteroatoms. The lowest BCUT2D eigenvalue weighted by Gasteiger charge is -2.18. The second-order valence-corrected chi connectivity index (χ2v) is 4.03. The molecule has 0 heterocycles. The number of nitrogens with zero attached hydrogens (tertiary/aromatic N) is 1. The summed E-state index contributed by atoms with van der Waals surface area (Å²) in [5.41, 5.74) is 7.13. The summed E-state index contributed by atoms with van der Waals surface area (Å²) in [6.07, 6.45) is 3.42. The van der Waals surface area contributed by atoms with Crippen molar-refractivity contribution in [2.24, 2.45) is 5.73 Å². The van der Waals surface area contributed by atoms with E-state index in [-0.39, 0.29) is 0 Å². The van der Waals surface area contributed by atoms with Gasteiger partial charge in [-0.05, 0) is 33.4 Å². The number of hydrogen-bond donors (Lipinski definition) is 1. The van der Waals surface area contributed by atoms with Crippen LogP contribution in [-0.4, -0.2) is 31.1 Å². The fraction of sp³-hybridized carbons (Fsp3) is 0.818. The minimum absolute atomic E-state index is 0.373. The van der Waals surface area contributed by atoms with Crippen molar-refractivity contribution in [1.29, 1.82) is 0 Å². The fourth-order valence-corrected chi connectivity index (χ4v) is 1.44. The van der Waals surface area contributed by atoms with Crippen molar-refractivity contribution in [3.8, 4) is 0 Å². The van der Waals surface area contributed by atoms with E-state index in [1.165, 1.54) is 12.0 Å². The van der Waals surface area contributed by atoms with Crippen LogP contribution in [0, 0.1) is 0 Å². The first-order valence-corrected chi connectivity index (χ1v) is 5.14. The maximum absolute atomic E-state index is 5.91. The topological polar surface area (TPSA) is 29.3 Å². The van der Waals surface area contributed by atoms with Crippen LogP contribution in [0.15, 0.2) is 12.2 Å². The van der Waals surface area contributed by atoms with Crippen molar-refractivity contribution >= 4 is 0 Å². The molecule has 2 N–H and O–H groups in total. The molecule has 0 fully saturated rings. The summed E-state index contributed by atoms with van der Waals surface area (Å²) < 4.78 is 0. The van der Waals surface area contributed by atoms with Gasteiger partial charge in [0.15, 0.2) is 0 Å². The Morgan fingerprint density at radius 1 is 1.46 bits per heavy atom.